The summed E-state index contributed by atoms with van der Waals surface area (Å²) in [7, 11) is 0. The van der Waals surface area contributed by atoms with E-state index in [4.69, 9.17) is 0 Å². The smallest absolute Gasteiger partial charge is 0.0743 e. The first-order valence-electron chi connectivity index (χ1n) is 7.57. The number of aryl methyl sites for hydroxylation is 2. The van der Waals surface area contributed by atoms with Gasteiger partial charge >= 0.3 is 0 Å². The van der Waals surface area contributed by atoms with Crippen molar-refractivity contribution < 1.29 is 0 Å². The van der Waals surface area contributed by atoms with Gasteiger partial charge in [0.05, 0.1) is 17.1 Å². The molecule has 0 aliphatic rings. The molecule has 0 aliphatic heterocycles. The number of rotatable bonds is 4. The zero-order chi connectivity index (χ0) is 16.3. The lowest BCUT2D eigenvalue weighted by molar-refractivity contribution is 0.885. The fourth-order valence-corrected chi connectivity index (χ4v) is 2.57. The molecule has 0 bridgehead atoms. The fraction of sp³-hybridized carbons (Fsp3) is 0.250. The molecule has 0 saturated heterocycles. The topological polar surface area (TPSA) is 17.8 Å². The van der Waals surface area contributed by atoms with Crippen LogP contribution >= 0.6 is 0 Å². The van der Waals surface area contributed by atoms with E-state index >= 15 is 0 Å². The molecule has 2 nitrogen and oxygen atoms in total. The summed E-state index contributed by atoms with van der Waals surface area (Å²) in [4.78, 5) is 0. The minimum absolute atomic E-state index is 1.01. The summed E-state index contributed by atoms with van der Waals surface area (Å²) in [5, 5.41) is 4.69. The molecule has 2 aromatic rings. The minimum atomic E-state index is 1.01. The van der Waals surface area contributed by atoms with Gasteiger partial charge in [-0.25, -0.2) is 4.68 Å². The van der Waals surface area contributed by atoms with E-state index in [1.165, 1.54) is 11.1 Å². The average Bonchev–Trinajstić information content (AvgIpc) is 2.81. The summed E-state index contributed by atoms with van der Waals surface area (Å²) in [6.45, 7) is 14.2. The van der Waals surface area contributed by atoms with E-state index in [2.05, 4.69) is 68.0 Å². The van der Waals surface area contributed by atoms with Crippen molar-refractivity contribution in [2.75, 3.05) is 0 Å². The number of nitrogens with zero attached hydrogens (tertiary/aromatic N) is 2. The zero-order valence-corrected chi connectivity index (χ0v) is 14.1. The van der Waals surface area contributed by atoms with E-state index in [1.54, 1.807) is 0 Å². The molecule has 0 aliphatic carbocycles. The molecule has 0 spiro atoms. The van der Waals surface area contributed by atoms with Gasteiger partial charge in [0.15, 0.2) is 0 Å². The van der Waals surface area contributed by atoms with Crippen LogP contribution in [0.1, 0.15) is 32.0 Å². The monoisotopic (exact) mass is 292 g/mol. The van der Waals surface area contributed by atoms with Crippen molar-refractivity contribution in [1.82, 2.24) is 9.78 Å². The molecule has 1 aromatic heterocycles. The third-order valence-corrected chi connectivity index (χ3v) is 3.55. The SMILES string of the molecule is C=C(C)/C=C(C)\C(=C\C)n1nc(C)cc1-c1ccc(C)cc1. The highest BCUT2D eigenvalue weighted by molar-refractivity contribution is 5.72. The molecule has 0 atom stereocenters. The summed E-state index contributed by atoms with van der Waals surface area (Å²) < 4.78 is 2.02. The Balaban J connectivity index is 2.56. The summed E-state index contributed by atoms with van der Waals surface area (Å²) >= 11 is 0. The number of hydrogen-bond acceptors (Lipinski definition) is 1. The molecule has 2 heteroatoms. The fourth-order valence-electron chi connectivity index (χ4n) is 2.57. The van der Waals surface area contributed by atoms with Gasteiger partial charge in [-0.2, -0.15) is 5.10 Å². The quantitative estimate of drug-likeness (QED) is 0.675. The molecule has 1 aromatic carbocycles. The Morgan fingerprint density at radius 3 is 2.32 bits per heavy atom. The van der Waals surface area contributed by atoms with E-state index in [-0.39, 0.29) is 0 Å². The van der Waals surface area contributed by atoms with Gasteiger partial charge in [-0.05, 0) is 46.3 Å². The van der Waals surface area contributed by atoms with Crippen molar-refractivity contribution in [3.63, 3.8) is 0 Å². The molecule has 0 amide bonds. The van der Waals surface area contributed by atoms with Crippen molar-refractivity contribution in [3.8, 4) is 11.3 Å². The highest BCUT2D eigenvalue weighted by atomic mass is 15.3. The van der Waals surface area contributed by atoms with E-state index in [9.17, 15) is 0 Å². The lowest BCUT2D eigenvalue weighted by Gasteiger charge is -2.13. The van der Waals surface area contributed by atoms with Crippen LogP contribution in [0.5, 0.6) is 0 Å². The van der Waals surface area contributed by atoms with Crippen LogP contribution in [-0.4, -0.2) is 9.78 Å². The molecule has 0 saturated carbocycles. The number of hydrogen-bond donors (Lipinski definition) is 0. The maximum atomic E-state index is 4.69. The third kappa shape index (κ3) is 3.45. The summed E-state index contributed by atoms with van der Waals surface area (Å²) in [6.07, 6.45) is 4.18. The Hall–Kier alpha value is -2.35. The molecule has 1 heterocycles. The normalized spacial score (nSPS) is 12.6. The molecule has 0 radical (unpaired) electrons. The van der Waals surface area contributed by atoms with Crippen LogP contribution in [0.25, 0.3) is 17.0 Å². The van der Waals surface area contributed by atoms with Crippen LogP contribution in [0.15, 0.2) is 60.2 Å². The second-order valence-corrected chi connectivity index (χ2v) is 5.80. The Kier molecular flexibility index (Phi) is 4.81. The lowest BCUT2D eigenvalue weighted by atomic mass is 10.1. The van der Waals surface area contributed by atoms with Gasteiger partial charge in [0.1, 0.15) is 0 Å². The Morgan fingerprint density at radius 2 is 1.77 bits per heavy atom. The Labute approximate surface area is 133 Å². The number of benzene rings is 1. The van der Waals surface area contributed by atoms with Crippen LogP contribution in [0.4, 0.5) is 0 Å². The van der Waals surface area contributed by atoms with Crippen LogP contribution in [-0.2, 0) is 0 Å². The second-order valence-electron chi connectivity index (χ2n) is 5.80. The van der Waals surface area contributed by atoms with Crippen LogP contribution in [0.3, 0.4) is 0 Å². The first-order chi connectivity index (χ1) is 10.4. The van der Waals surface area contributed by atoms with Gasteiger partial charge in [-0.15, -0.1) is 0 Å². The van der Waals surface area contributed by atoms with Gasteiger partial charge < -0.3 is 0 Å². The predicted molar refractivity (Wildman–Crippen MR) is 95.7 cm³/mol. The van der Waals surface area contributed by atoms with Crippen molar-refractivity contribution in [2.24, 2.45) is 0 Å². The maximum absolute atomic E-state index is 4.69. The van der Waals surface area contributed by atoms with Crippen LogP contribution in [0.2, 0.25) is 0 Å². The van der Waals surface area contributed by atoms with E-state index in [0.29, 0.717) is 0 Å². The van der Waals surface area contributed by atoms with Gasteiger partial charge in [0.2, 0.25) is 0 Å². The van der Waals surface area contributed by atoms with Gasteiger partial charge in [-0.1, -0.05) is 54.1 Å². The van der Waals surface area contributed by atoms with E-state index in [0.717, 1.165) is 28.2 Å². The lowest BCUT2D eigenvalue weighted by Crippen LogP contribution is -2.03. The molecule has 0 unspecified atom stereocenters. The largest absolute Gasteiger partial charge is 0.233 e. The minimum Gasteiger partial charge on any atom is -0.233 e. The third-order valence-electron chi connectivity index (χ3n) is 3.55. The Bertz CT molecular complexity index is 741. The molecule has 0 fully saturated rings. The standard InChI is InChI=1S/C20H24N2/c1-7-19(16(5)12-14(2)3)22-20(13-17(6)21-22)18-10-8-15(4)9-11-18/h7-13H,2H2,1,3-6H3/b16-12-,19-7-. The summed E-state index contributed by atoms with van der Waals surface area (Å²) in [5.74, 6) is 0. The number of aromatic nitrogens is 2. The maximum Gasteiger partial charge on any atom is 0.0743 e. The molecule has 2 rings (SSSR count). The summed E-state index contributed by atoms with van der Waals surface area (Å²) in [5.41, 5.74) is 7.85. The predicted octanol–water partition coefficient (Wildman–Crippen LogP) is 5.55. The van der Waals surface area contributed by atoms with Crippen molar-refractivity contribution in [1.29, 1.82) is 0 Å². The second kappa shape index (κ2) is 6.61. The molecular weight excluding hydrogens is 268 g/mol. The first-order valence-corrected chi connectivity index (χ1v) is 7.57. The van der Waals surface area contributed by atoms with Gasteiger partial charge in [0.25, 0.3) is 0 Å². The van der Waals surface area contributed by atoms with Crippen LogP contribution in [0, 0.1) is 13.8 Å². The zero-order valence-electron chi connectivity index (χ0n) is 14.1. The first kappa shape index (κ1) is 16.0. The van der Waals surface area contributed by atoms with Crippen molar-refractivity contribution in [2.45, 2.75) is 34.6 Å². The highest BCUT2D eigenvalue weighted by Crippen LogP contribution is 2.27. The highest BCUT2D eigenvalue weighted by Gasteiger charge is 2.12. The molecule has 114 valence electrons. The molecule has 0 N–H and O–H groups in total. The van der Waals surface area contributed by atoms with Gasteiger partial charge in [-0.3, -0.25) is 0 Å². The molecule has 22 heavy (non-hydrogen) atoms. The average molecular weight is 292 g/mol. The van der Waals surface area contributed by atoms with Crippen molar-refractivity contribution in [3.05, 3.63) is 71.5 Å². The molecular formula is C20H24N2. The Morgan fingerprint density at radius 1 is 1.14 bits per heavy atom. The van der Waals surface area contributed by atoms with E-state index < -0.39 is 0 Å². The summed E-state index contributed by atoms with van der Waals surface area (Å²) in [6, 6.07) is 10.7. The van der Waals surface area contributed by atoms with Crippen molar-refractivity contribution >= 4 is 5.70 Å². The van der Waals surface area contributed by atoms with E-state index in [1.807, 2.05) is 25.5 Å². The van der Waals surface area contributed by atoms with Gasteiger partial charge in [0, 0.05) is 5.56 Å². The number of allylic oxidation sites excluding steroid dienone is 5. The van der Waals surface area contributed by atoms with Crippen LogP contribution < -0.4 is 0 Å².